The molecule has 0 aliphatic carbocycles. The highest BCUT2D eigenvalue weighted by Crippen LogP contribution is 1.87. The maximum atomic E-state index is 9.56. The number of rotatable bonds is 2. The number of isocyanates is 1. The molecule has 0 aromatic rings. The molecule has 1 unspecified atom stereocenters. The van der Waals surface area contributed by atoms with Crippen LogP contribution in [0.3, 0.4) is 0 Å². The Bertz CT molecular complexity index is 122. The molecule has 0 bridgehead atoms. The van der Waals surface area contributed by atoms with Crippen molar-refractivity contribution >= 4 is 6.08 Å². The Morgan fingerprint density at radius 2 is 2.38 bits per heavy atom. The average molecular weight is 111 g/mol. The van der Waals surface area contributed by atoms with Crippen LogP contribution >= 0.6 is 0 Å². The summed E-state index contributed by atoms with van der Waals surface area (Å²) >= 11 is 0. The molecule has 0 aliphatic heterocycles. The quantitative estimate of drug-likeness (QED) is 0.300. The Labute approximate surface area is 48.9 Å². The Kier molecular flexibility index (Phi) is 3.81. The molecule has 0 aliphatic rings. The molecule has 0 radical (unpaired) electrons. The summed E-state index contributed by atoms with van der Waals surface area (Å²) in [7, 11) is 0. The van der Waals surface area contributed by atoms with E-state index in [2.05, 4.69) is 4.99 Å². The first kappa shape index (κ1) is 7.12. The van der Waals surface area contributed by atoms with Gasteiger partial charge in [-0.1, -0.05) is 12.2 Å². The largest absolute Gasteiger partial charge is 0.235 e. The molecule has 0 N–H and O–H groups in total. The van der Waals surface area contributed by atoms with Crippen LogP contribution in [0.15, 0.2) is 17.1 Å². The third-order valence-electron chi connectivity index (χ3n) is 0.727. The van der Waals surface area contributed by atoms with E-state index in [1.165, 1.54) is 6.08 Å². The Hall–Kier alpha value is -0.880. The van der Waals surface area contributed by atoms with Gasteiger partial charge in [-0.25, -0.2) is 4.79 Å². The SMILES string of the molecule is CC=CC(C)N=C=O. The second kappa shape index (κ2) is 4.28. The van der Waals surface area contributed by atoms with Crippen LogP contribution in [0, 0.1) is 0 Å². The van der Waals surface area contributed by atoms with Crippen molar-refractivity contribution in [1.29, 1.82) is 0 Å². The molecule has 2 nitrogen and oxygen atoms in total. The lowest BCUT2D eigenvalue weighted by Crippen LogP contribution is -1.88. The van der Waals surface area contributed by atoms with E-state index < -0.39 is 0 Å². The van der Waals surface area contributed by atoms with Gasteiger partial charge in [0.2, 0.25) is 6.08 Å². The van der Waals surface area contributed by atoms with Gasteiger partial charge in [-0.3, -0.25) is 0 Å². The van der Waals surface area contributed by atoms with Gasteiger partial charge in [0.05, 0.1) is 6.04 Å². The van der Waals surface area contributed by atoms with Gasteiger partial charge in [0.1, 0.15) is 0 Å². The predicted octanol–water partition coefficient (Wildman–Crippen LogP) is 1.29. The van der Waals surface area contributed by atoms with E-state index in [0.717, 1.165) is 0 Å². The monoisotopic (exact) mass is 111 g/mol. The number of hydrogen-bond acceptors (Lipinski definition) is 2. The lowest BCUT2D eigenvalue weighted by Gasteiger charge is -1.88. The number of nitrogens with zero attached hydrogens (tertiary/aromatic N) is 1. The lowest BCUT2D eigenvalue weighted by molar-refractivity contribution is 0.561. The van der Waals surface area contributed by atoms with Gasteiger partial charge >= 0.3 is 0 Å². The fraction of sp³-hybridized carbons (Fsp3) is 0.500. The molecule has 44 valence electrons. The van der Waals surface area contributed by atoms with E-state index in [4.69, 9.17) is 0 Å². The van der Waals surface area contributed by atoms with Crippen LogP contribution in [0.5, 0.6) is 0 Å². The standard InChI is InChI=1S/C6H9NO/c1-3-4-6(2)7-5-8/h3-4,6H,1-2H3. The minimum atomic E-state index is -0.0162. The third-order valence-corrected chi connectivity index (χ3v) is 0.727. The Balaban J connectivity index is 3.64. The normalized spacial score (nSPS) is 13.2. The van der Waals surface area contributed by atoms with Gasteiger partial charge in [-0.05, 0) is 13.8 Å². The molecule has 1 atom stereocenters. The Morgan fingerprint density at radius 1 is 1.75 bits per heavy atom. The highest BCUT2D eigenvalue weighted by atomic mass is 16.1. The number of allylic oxidation sites excluding steroid dienone is 1. The topological polar surface area (TPSA) is 29.4 Å². The van der Waals surface area contributed by atoms with Gasteiger partial charge < -0.3 is 0 Å². The van der Waals surface area contributed by atoms with E-state index >= 15 is 0 Å². The van der Waals surface area contributed by atoms with Crippen LogP contribution in [0.4, 0.5) is 0 Å². The number of aliphatic imine (C=N–C) groups is 1. The van der Waals surface area contributed by atoms with E-state index in [1.54, 1.807) is 0 Å². The van der Waals surface area contributed by atoms with Gasteiger partial charge in [0, 0.05) is 0 Å². The van der Waals surface area contributed by atoms with Crippen molar-refractivity contribution in [3.63, 3.8) is 0 Å². The minimum Gasteiger partial charge on any atom is -0.211 e. The van der Waals surface area contributed by atoms with Crippen LogP contribution < -0.4 is 0 Å². The summed E-state index contributed by atoms with van der Waals surface area (Å²) in [6.07, 6.45) is 5.15. The lowest BCUT2D eigenvalue weighted by atomic mass is 10.3. The first-order valence-corrected chi connectivity index (χ1v) is 2.51. The van der Waals surface area contributed by atoms with Crippen molar-refractivity contribution in [1.82, 2.24) is 0 Å². The molecular weight excluding hydrogens is 102 g/mol. The zero-order valence-corrected chi connectivity index (χ0v) is 5.09. The summed E-state index contributed by atoms with van der Waals surface area (Å²) in [4.78, 5) is 13.0. The zero-order chi connectivity index (χ0) is 6.41. The van der Waals surface area contributed by atoms with Crippen LogP contribution in [0.2, 0.25) is 0 Å². The molecule has 0 saturated heterocycles. The molecule has 0 amide bonds. The number of carbonyl (C=O) groups excluding carboxylic acids is 1. The summed E-state index contributed by atoms with van der Waals surface area (Å²) in [5, 5.41) is 0. The molecule has 0 spiro atoms. The van der Waals surface area contributed by atoms with Crippen molar-refractivity contribution in [2.75, 3.05) is 0 Å². The molecule has 8 heavy (non-hydrogen) atoms. The van der Waals surface area contributed by atoms with Gasteiger partial charge in [-0.15, -0.1) is 0 Å². The van der Waals surface area contributed by atoms with Crippen LogP contribution in [-0.4, -0.2) is 12.1 Å². The van der Waals surface area contributed by atoms with Crippen LogP contribution in [0.25, 0.3) is 0 Å². The third kappa shape index (κ3) is 3.32. The van der Waals surface area contributed by atoms with Gasteiger partial charge in [0.15, 0.2) is 0 Å². The summed E-state index contributed by atoms with van der Waals surface area (Å²) in [6, 6.07) is -0.0162. The summed E-state index contributed by atoms with van der Waals surface area (Å²) in [5.41, 5.74) is 0. The fourth-order valence-electron chi connectivity index (χ4n) is 0.405. The van der Waals surface area contributed by atoms with Crippen LogP contribution in [-0.2, 0) is 4.79 Å². The summed E-state index contributed by atoms with van der Waals surface area (Å²) in [5.74, 6) is 0. The molecule has 0 aromatic carbocycles. The minimum absolute atomic E-state index is 0.0162. The average Bonchev–Trinajstić information content (AvgIpc) is 1.68. The molecule has 0 heterocycles. The molecule has 2 heteroatoms. The van der Waals surface area contributed by atoms with Crippen LogP contribution in [0.1, 0.15) is 13.8 Å². The van der Waals surface area contributed by atoms with E-state index in [9.17, 15) is 4.79 Å². The summed E-state index contributed by atoms with van der Waals surface area (Å²) < 4.78 is 0. The molecule has 0 aromatic heterocycles. The smallest absolute Gasteiger partial charge is 0.211 e. The van der Waals surface area contributed by atoms with Gasteiger partial charge in [-0.2, -0.15) is 4.99 Å². The highest BCUT2D eigenvalue weighted by Gasteiger charge is 1.85. The second-order valence-corrected chi connectivity index (χ2v) is 1.49. The second-order valence-electron chi connectivity index (χ2n) is 1.49. The van der Waals surface area contributed by atoms with E-state index in [0.29, 0.717) is 0 Å². The van der Waals surface area contributed by atoms with Crippen molar-refractivity contribution in [3.8, 4) is 0 Å². The first-order chi connectivity index (χ1) is 3.81. The molecule has 0 rings (SSSR count). The first-order valence-electron chi connectivity index (χ1n) is 2.51. The van der Waals surface area contributed by atoms with Gasteiger partial charge in [0.25, 0.3) is 0 Å². The van der Waals surface area contributed by atoms with E-state index in [1.807, 2.05) is 26.0 Å². The fourth-order valence-corrected chi connectivity index (χ4v) is 0.405. The molecule has 0 fully saturated rings. The number of hydrogen-bond donors (Lipinski definition) is 0. The van der Waals surface area contributed by atoms with Crippen molar-refractivity contribution < 1.29 is 4.79 Å². The van der Waals surface area contributed by atoms with Crippen molar-refractivity contribution in [2.24, 2.45) is 4.99 Å². The van der Waals surface area contributed by atoms with Crippen molar-refractivity contribution in [3.05, 3.63) is 12.2 Å². The zero-order valence-electron chi connectivity index (χ0n) is 5.09. The molecule has 0 saturated carbocycles. The molecular formula is C6H9NO. The van der Waals surface area contributed by atoms with Crippen molar-refractivity contribution in [2.45, 2.75) is 19.9 Å². The maximum Gasteiger partial charge on any atom is 0.235 e. The predicted molar refractivity (Wildman–Crippen MR) is 32.4 cm³/mol. The summed E-state index contributed by atoms with van der Waals surface area (Å²) in [6.45, 7) is 3.71. The Morgan fingerprint density at radius 3 is 2.75 bits per heavy atom. The maximum absolute atomic E-state index is 9.56. The highest BCUT2D eigenvalue weighted by molar-refractivity contribution is 5.34. The van der Waals surface area contributed by atoms with E-state index in [-0.39, 0.29) is 6.04 Å².